The van der Waals surface area contributed by atoms with Crippen molar-refractivity contribution < 1.29 is 4.79 Å². The molecule has 3 heteroatoms. The van der Waals surface area contributed by atoms with Crippen molar-refractivity contribution in [2.45, 2.75) is 45.2 Å². The fraction of sp³-hybridized carbons (Fsp3) is 0.438. The number of fused-ring (bicyclic) bond motifs is 1. The standard InChI is InChI=1S/C16H20N2O/c1-3-14-6-4-11(2)18(14)16(19)13-5-7-15-12(10-13)8-9-17-15/h5,7-11,14,17H,3-4,6H2,1-2H3. The second kappa shape index (κ2) is 4.72. The summed E-state index contributed by atoms with van der Waals surface area (Å²) in [7, 11) is 0. The predicted octanol–water partition coefficient (Wildman–Crippen LogP) is 3.57. The molecular weight excluding hydrogens is 236 g/mol. The fourth-order valence-corrected chi connectivity index (χ4v) is 3.17. The van der Waals surface area contributed by atoms with Gasteiger partial charge in [-0.05, 0) is 50.5 Å². The van der Waals surface area contributed by atoms with Crippen LogP contribution in [0.1, 0.15) is 43.5 Å². The number of hydrogen-bond acceptors (Lipinski definition) is 1. The number of rotatable bonds is 2. The van der Waals surface area contributed by atoms with Gasteiger partial charge in [-0.1, -0.05) is 6.92 Å². The maximum Gasteiger partial charge on any atom is 0.254 e. The molecule has 0 aliphatic carbocycles. The van der Waals surface area contributed by atoms with Crippen LogP contribution in [0.5, 0.6) is 0 Å². The first-order chi connectivity index (χ1) is 9.20. The summed E-state index contributed by atoms with van der Waals surface area (Å²) < 4.78 is 0. The molecule has 2 aromatic rings. The summed E-state index contributed by atoms with van der Waals surface area (Å²) in [5, 5.41) is 1.10. The number of benzene rings is 1. The Hall–Kier alpha value is -1.77. The van der Waals surface area contributed by atoms with Gasteiger partial charge >= 0.3 is 0 Å². The summed E-state index contributed by atoms with van der Waals surface area (Å²) in [5.74, 6) is 0.181. The number of amides is 1. The van der Waals surface area contributed by atoms with Gasteiger partial charge in [0, 0.05) is 34.7 Å². The van der Waals surface area contributed by atoms with E-state index < -0.39 is 0 Å². The van der Waals surface area contributed by atoms with E-state index in [1.54, 1.807) is 0 Å². The second-order valence-corrected chi connectivity index (χ2v) is 5.48. The number of nitrogens with zero attached hydrogens (tertiary/aromatic N) is 1. The van der Waals surface area contributed by atoms with Crippen LogP contribution in [0.2, 0.25) is 0 Å². The van der Waals surface area contributed by atoms with Crippen LogP contribution >= 0.6 is 0 Å². The van der Waals surface area contributed by atoms with Gasteiger partial charge < -0.3 is 9.88 Å². The van der Waals surface area contributed by atoms with Crippen molar-refractivity contribution in [3.05, 3.63) is 36.0 Å². The lowest BCUT2D eigenvalue weighted by molar-refractivity contribution is 0.0676. The molecule has 19 heavy (non-hydrogen) atoms. The zero-order chi connectivity index (χ0) is 13.4. The third kappa shape index (κ3) is 2.03. The van der Waals surface area contributed by atoms with Crippen LogP contribution < -0.4 is 0 Å². The van der Waals surface area contributed by atoms with Crippen LogP contribution in [0.3, 0.4) is 0 Å². The lowest BCUT2D eigenvalue weighted by atomic mass is 10.1. The molecule has 1 N–H and O–H groups in total. The van der Waals surface area contributed by atoms with E-state index >= 15 is 0 Å². The number of H-pyrrole nitrogens is 1. The molecule has 3 nitrogen and oxygen atoms in total. The molecular formula is C16H20N2O. The Morgan fingerprint density at radius 3 is 3.00 bits per heavy atom. The molecule has 1 fully saturated rings. The number of nitrogens with one attached hydrogen (secondary N) is 1. The van der Waals surface area contributed by atoms with Gasteiger partial charge in [-0.25, -0.2) is 0 Å². The van der Waals surface area contributed by atoms with Crippen LogP contribution in [-0.2, 0) is 0 Å². The maximum absolute atomic E-state index is 12.7. The molecule has 3 rings (SSSR count). The zero-order valence-corrected chi connectivity index (χ0v) is 11.5. The molecule has 0 radical (unpaired) electrons. The van der Waals surface area contributed by atoms with Gasteiger partial charge in [-0.15, -0.1) is 0 Å². The van der Waals surface area contributed by atoms with E-state index in [1.165, 1.54) is 0 Å². The minimum atomic E-state index is 0.181. The summed E-state index contributed by atoms with van der Waals surface area (Å²) >= 11 is 0. The van der Waals surface area contributed by atoms with E-state index in [2.05, 4.69) is 23.7 Å². The molecule has 1 aliphatic heterocycles. The smallest absolute Gasteiger partial charge is 0.254 e. The third-order valence-corrected chi connectivity index (χ3v) is 4.29. The van der Waals surface area contributed by atoms with Crippen molar-refractivity contribution in [3.63, 3.8) is 0 Å². The van der Waals surface area contributed by atoms with Crippen LogP contribution in [0.15, 0.2) is 30.5 Å². The van der Waals surface area contributed by atoms with Crippen LogP contribution in [-0.4, -0.2) is 27.9 Å². The molecule has 1 saturated heterocycles. The maximum atomic E-state index is 12.7. The third-order valence-electron chi connectivity index (χ3n) is 4.29. The van der Waals surface area contributed by atoms with E-state index in [1.807, 2.05) is 30.5 Å². The highest BCUT2D eigenvalue weighted by molar-refractivity contribution is 5.98. The lowest BCUT2D eigenvalue weighted by Crippen LogP contribution is -2.39. The zero-order valence-electron chi connectivity index (χ0n) is 11.5. The molecule has 100 valence electrons. The van der Waals surface area contributed by atoms with Crippen molar-refractivity contribution in [1.82, 2.24) is 9.88 Å². The first-order valence-corrected chi connectivity index (χ1v) is 7.10. The molecule has 1 aliphatic rings. The Labute approximate surface area is 113 Å². The van der Waals surface area contributed by atoms with Crippen molar-refractivity contribution in [1.29, 1.82) is 0 Å². The quantitative estimate of drug-likeness (QED) is 0.876. The average molecular weight is 256 g/mol. The number of likely N-dealkylation sites (tertiary alicyclic amines) is 1. The number of hydrogen-bond donors (Lipinski definition) is 1. The normalized spacial score (nSPS) is 23.2. The SMILES string of the molecule is CCC1CCC(C)N1C(=O)c1ccc2[nH]ccc2c1. The van der Waals surface area contributed by atoms with Gasteiger partial charge in [0.2, 0.25) is 0 Å². The van der Waals surface area contributed by atoms with Crippen molar-refractivity contribution in [2.75, 3.05) is 0 Å². The van der Waals surface area contributed by atoms with Crippen LogP contribution in [0.4, 0.5) is 0 Å². The van der Waals surface area contributed by atoms with E-state index in [0.717, 1.165) is 35.7 Å². The van der Waals surface area contributed by atoms with E-state index in [9.17, 15) is 4.79 Å². The second-order valence-electron chi connectivity index (χ2n) is 5.48. The molecule has 1 aromatic heterocycles. The topological polar surface area (TPSA) is 36.1 Å². The van der Waals surface area contributed by atoms with E-state index in [4.69, 9.17) is 0 Å². The molecule has 2 atom stereocenters. The number of aromatic nitrogens is 1. The molecule has 0 spiro atoms. The number of aromatic amines is 1. The van der Waals surface area contributed by atoms with Crippen LogP contribution in [0.25, 0.3) is 10.9 Å². The summed E-state index contributed by atoms with van der Waals surface area (Å²) in [6.07, 6.45) is 5.21. The van der Waals surface area contributed by atoms with Gasteiger partial charge in [0.1, 0.15) is 0 Å². The van der Waals surface area contributed by atoms with Gasteiger partial charge in [0.25, 0.3) is 5.91 Å². The van der Waals surface area contributed by atoms with Gasteiger partial charge in [-0.3, -0.25) is 4.79 Å². The number of carbonyl (C=O) groups is 1. The van der Waals surface area contributed by atoms with Crippen LogP contribution in [0, 0.1) is 0 Å². The minimum Gasteiger partial charge on any atom is -0.361 e. The fourth-order valence-electron chi connectivity index (χ4n) is 3.17. The summed E-state index contributed by atoms with van der Waals surface area (Å²) in [5.41, 5.74) is 1.89. The molecule has 2 heterocycles. The molecule has 2 unspecified atom stereocenters. The highest BCUT2D eigenvalue weighted by Gasteiger charge is 2.33. The van der Waals surface area contributed by atoms with Crippen molar-refractivity contribution >= 4 is 16.8 Å². The molecule has 0 bridgehead atoms. The molecule has 0 saturated carbocycles. The summed E-state index contributed by atoms with van der Waals surface area (Å²) in [6, 6.07) is 8.69. The first kappa shape index (κ1) is 12.3. The van der Waals surface area contributed by atoms with E-state index in [-0.39, 0.29) is 5.91 Å². The van der Waals surface area contributed by atoms with Gasteiger partial charge in [0.15, 0.2) is 0 Å². The summed E-state index contributed by atoms with van der Waals surface area (Å²) in [4.78, 5) is 17.9. The Morgan fingerprint density at radius 2 is 2.21 bits per heavy atom. The van der Waals surface area contributed by atoms with E-state index in [0.29, 0.717) is 12.1 Å². The number of carbonyl (C=O) groups excluding carboxylic acids is 1. The van der Waals surface area contributed by atoms with Crippen molar-refractivity contribution in [2.24, 2.45) is 0 Å². The summed E-state index contributed by atoms with van der Waals surface area (Å²) in [6.45, 7) is 4.32. The Kier molecular flexibility index (Phi) is 3.05. The average Bonchev–Trinajstić information content (AvgIpc) is 3.02. The molecule has 1 aromatic carbocycles. The Morgan fingerprint density at radius 1 is 1.37 bits per heavy atom. The Balaban J connectivity index is 1.93. The predicted molar refractivity (Wildman–Crippen MR) is 77.2 cm³/mol. The molecule has 1 amide bonds. The monoisotopic (exact) mass is 256 g/mol. The van der Waals surface area contributed by atoms with Gasteiger partial charge in [-0.2, -0.15) is 0 Å². The van der Waals surface area contributed by atoms with Gasteiger partial charge in [0.05, 0.1) is 0 Å². The minimum absolute atomic E-state index is 0.181. The first-order valence-electron chi connectivity index (χ1n) is 7.10. The highest BCUT2D eigenvalue weighted by atomic mass is 16.2. The lowest BCUT2D eigenvalue weighted by Gasteiger charge is -2.28. The highest BCUT2D eigenvalue weighted by Crippen LogP contribution is 2.28. The largest absolute Gasteiger partial charge is 0.361 e. The van der Waals surface area contributed by atoms with Crippen molar-refractivity contribution in [3.8, 4) is 0 Å². The Bertz CT molecular complexity index is 602.